The van der Waals surface area contributed by atoms with E-state index in [9.17, 15) is 0 Å². The maximum atomic E-state index is 5.99. The molecule has 20 heavy (non-hydrogen) atoms. The molecule has 2 heterocycles. The van der Waals surface area contributed by atoms with Crippen LogP contribution < -0.4 is 10.1 Å². The lowest BCUT2D eigenvalue weighted by Gasteiger charge is -2.20. The van der Waals surface area contributed by atoms with E-state index in [0.29, 0.717) is 11.8 Å². The highest BCUT2D eigenvalue weighted by molar-refractivity contribution is 5.40. The number of nitrogens with one attached hydrogen (secondary N) is 1. The van der Waals surface area contributed by atoms with Crippen molar-refractivity contribution in [2.75, 3.05) is 26.3 Å². The van der Waals surface area contributed by atoms with Crippen LogP contribution in [0.5, 0.6) is 5.75 Å². The molecule has 1 aromatic rings. The van der Waals surface area contributed by atoms with Gasteiger partial charge in [-0.1, -0.05) is 19.9 Å². The highest BCUT2D eigenvalue weighted by Crippen LogP contribution is 2.37. The summed E-state index contributed by atoms with van der Waals surface area (Å²) in [7, 11) is 0. The summed E-state index contributed by atoms with van der Waals surface area (Å²) >= 11 is 0. The van der Waals surface area contributed by atoms with Crippen LogP contribution in [0.1, 0.15) is 37.5 Å². The Bertz CT molecular complexity index is 458. The monoisotopic (exact) mass is 275 g/mol. The van der Waals surface area contributed by atoms with E-state index in [1.807, 2.05) is 0 Å². The Morgan fingerprint density at radius 3 is 3.05 bits per heavy atom. The van der Waals surface area contributed by atoms with E-state index in [4.69, 9.17) is 9.47 Å². The third-order valence-corrected chi connectivity index (χ3v) is 4.22. The average Bonchev–Trinajstić information content (AvgIpc) is 3.05. The van der Waals surface area contributed by atoms with E-state index in [1.54, 1.807) is 0 Å². The molecule has 2 atom stereocenters. The fourth-order valence-electron chi connectivity index (χ4n) is 3.15. The maximum Gasteiger partial charge on any atom is 0.122 e. The second-order valence-corrected chi connectivity index (χ2v) is 6.36. The highest BCUT2D eigenvalue weighted by Gasteiger charge is 2.30. The van der Waals surface area contributed by atoms with Gasteiger partial charge in [-0.3, -0.25) is 0 Å². The van der Waals surface area contributed by atoms with Crippen LogP contribution in [0, 0.1) is 11.8 Å². The molecule has 0 aromatic heterocycles. The lowest BCUT2D eigenvalue weighted by Crippen LogP contribution is -2.28. The maximum absolute atomic E-state index is 5.99. The van der Waals surface area contributed by atoms with Crippen molar-refractivity contribution in [1.82, 2.24) is 5.32 Å². The number of fused-ring (bicyclic) bond motifs is 1. The molecule has 110 valence electrons. The number of rotatable bonds is 5. The second-order valence-electron chi connectivity index (χ2n) is 6.36. The van der Waals surface area contributed by atoms with Gasteiger partial charge in [-0.25, -0.2) is 0 Å². The Morgan fingerprint density at radius 1 is 1.30 bits per heavy atom. The summed E-state index contributed by atoms with van der Waals surface area (Å²) in [5.41, 5.74) is 2.66. The van der Waals surface area contributed by atoms with Crippen molar-refractivity contribution in [2.45, 2.75) is 32.8 Å². The molecule has 2 aliphatic heterocycles. The van der Waals surface area contributed by atoms with Gasteiger partial charge in [0.15, 0.2) is 0 Å². The van der Waals surface area contributed by atoms with Crippen molar-refractivity contribution in [3.8, 4) is 5.75 Å². The molecular formula is C17H25NO2. The Balaban J connectivity index is 1.65. The molecule has 1 aromatic carbocycles. The summed E-state index contributed by atoms with van der Waals surface area (Å²) in [5, 5.41) is 3.57. The van der Waals surface area contributed by atoms with Crippen molar-refractivity contribution >= 4 is 0 Å². The quantitative estimate of drug-likeness (QED) is 0.896. The Kier molecular flexibility index (Phi) is 4.27. The molecule has 2 aliphatic rings. The topological polar surface area (TPSA) is 30.5 Å². The van der Waals surface area contributed by atoms with E-state index >= 15 is 0 Å². The molecule has 1 N–H and O–H groups in total. The number of ether oxygens (including phenoxy) is 2. The van der Waals surface area contributed by atoms with Crippen LogP contribution >= 0.6 is 0 Å². The summed E-state index contributed by atoms with van der Waals surface area (Å²) in [6.45, 7) is 8.33. The zero-order valence-electron chi connectivity index (χ0n) is 12.5. The number of hydrogen-bond acceptors (Lipinski definition) is 3. The summed E-state index contributed by atoms with van der Waals surface area (Å²) in [5.74, 6) is 2.35. The molecule has 0 radical (unpaired) electrons. The van der Waals surface area contributed by atoms with Gasteiger partial charge >= 0.3 is 0 Å². The van der Waals surface area contributed by atoms with E-state index in [2.05, 4.69) is 37.4 Å². The van der Waals surface area contributed by atoms with Crippen molar-refractivity contribution in [2.24, 2.45) is 11.8 Å². The van der Waals surface area contributed by atoms with Gasteiger partial charge in [0, 0.05) is 25.5 Å². The standard InChI is InChI=1S/C17H25NO2/c1-12(2)10-18-11-15-6-8-20-17(15)14-3-4-16-13(9-14)5-7-19-16/h3-4,9,12,15,17-18H,5-8,10-11H2,1-2H3. The molecule has 0 spiro atoms. The Labute approximate surface area is 121 Å². The SMILES string of the molecule is CC(C)CNCC1CCOC1c1ccc2c(c1)CCO2. The molecule has 0 amide bonds. The van der Waals surface area contributed by atoms with Crippen LogP contribution in [0.2, 0.25) is 0 Å². The van der Waals surface area contributed by atoms with Crippen LogP contribution in [0.3, 0.4) is 0 Å². The van der Waals surface area contributed by atoms with Gasteiger partial charge in [0.25, 0.3) is 0 Å². The number of benzene rings is 1. The van der Waals surface area contributed by atoms with Gasteiger partial charge in [0.05, 0.1) is 12.7 Å². The first kappa shape index (κ1) is 13.9. The molecule has 1 saturated heterocycles. The zero-order valence-corrected chi connectivity index (χ0v) is 12.5. The summed E-state index contributed by atoms with van der Waals surface area (Å²) < 4.78 is 11.6. The minimum absolute atomic E-state index is 0.251. The first-order chi connectivity index (χ1) is 9.74. The normalized spacial score (nSPS) is 24.9. The van der Waals surface area contributed by atoms with Gasteiger partial charge in [0.2, 0.25) is 0 Å². The minimum atomic E-state index is 0.251. The molecule has 0 saturated carbocycles. The molecule has 0 bridgehead atoms. The molecule has 3 rings (SSSR count). The first-order valence-corrected chi connectivity index (χ1v) is 7.82. The first-order valence-electron chi connectivity index (χ1n) is 7.82. The molecule has 0 aliphatic carbocycles. The molecule has 3 nitrogen and oxygen atoms in total. The zero-order chi connectivity index (χ0) is 13.9. The van der Waals surface area contributed by atoms with Gasteiger partial charge in [-0.05, 0) is 42.1 Å². The summed E-state index contributed by atoms with van der Waals surface area (Å²) in [6.07, 6.45) is 2.44. The van der Waals surface area contributed by atoms with Crippen LogP contribution in [0.15, 0.2) is 18.2 Å². The Morgan fingerprint density at radius 2 is 2.20 bits per heavy atom. The van der Waals surface area contributed by atoms with Gasteiger partial charge in [-0.15, -0.1) is 0 Å². The highest BCUT2D eigenvalue weighted by atomic mass is 16.5. The third-order valence-electron chi connectivity index (χ3n) is 4.22. The molecule has 1 fully saturated rings. The van der Waals surface area contributed by atoms with E-state index < -0.39 is 0 Å². The predicted octanol–water partition coefficient (Wildman–Crippen LogP) is 2.94. The second kappa shape index (κ2) is 6.15. The molecule has 3 heteroatoms. The lowest BCUT2D eigenvalue weighted by atomic mass is 9.93. The van der Waals surface area contributed by atoms with Gasteiger partial charge < -0.3 is 14.8 Å². The fraction of sp³-hybridized carbons (Fsp3) is 0.647. The summed E-state index contributed by atoms with van der Waals surface area (Å²) in [4.78, 5) is 0. The average molecular weight is 275 g/mol. The molecule has 2 unspecified atom stereocenters. The van der Waals surface area contributed by atoms with E-state index in [0.717, 1.165) is 44.9 Å². The third kappa shape index (κ3) is 2.99. The number of hydrogen-bond donors (Lipinski definition) is 1. The van der Waals surface area contributed by atoms with Crippen molar-refractivity contribution in [3.63, 3.8) is 0 Å². The largest absolute Gasteiger partial charge is 0.493 e. The van der Waals surface area contributed by atoms with Crippen molar-refractivity contribution < 1.29 is 9.47 Å². The fourth-order valence-corrected chi connectivity index (χ4v) is 3.15. The van der Waals surface area contributed by atoms with E-state index in [-0.39, 0.29) is 6.10 Å². The van der Waals surface area contributed by atoms with Crippen LogP contribution in [0.25, 0.3) is 0 Å². The predicted molar refractivity (Wildman–Crippen MR) is 80.1 cm³/mol. The smallest absolute Gasteiger partial charge is 0.122 e. The van der Waals surface area contributed by atoms with Crippen molar-refractivity contribution in [3.05, 3.63) is 29.3 Å². The van der Waals surface area contributed by atoms with Crippen LogP contribution in [-0.4, -0.2) is 26.3 Å². The van der Waals surface area contributed by atoms with Crippen LogP contribution in [0.4, 0.5) is 0 Å². The van der Waals surface area contributed by atoms with Crippen molar-refractivity contribution in [1.29, 1.82) is 0 Å². The molecular weight excluding hydrogens is 250 g/mol. The van der Waals surface area contributed by atoms with Crippen LogP contribution in [-0.2, 0) is 11.2 Å². The van der Waals surface area contributed by atoms with E-state index in [1.165, 1.54) is 11.1 Å². The van der Waals surface area contributed by atoms with Gasteiger partial charge in [0.1, 0.15) is 5.75 Å². The minimum Gasteiger partial charge on any atom is -0.493 e. The summed E-state index contributed by atoms with van der Waals surface area (Å²) in [6, 6.07) is 6.57. The lowest BCUT2D eigenvalue weighted by molar-refractivity contribution is 0.0903. The Hall–Kier alpha value is -1.06. The van der Waals surface area contributed by atoms with Gasteiger partial charge in [-0.2, -0.15) is 0 Å².